The van der Waals surface area contributed by atoms with E-state index in [0.717, 1.165) is 42.7 Å². The van der Waals surface area contributed by atoms with Crippen LogP contribution in [-0.4, -0.2) is 64.9 Å². The summed E-state index contributed by atoms with van der Waals surface area (Å²) in [5, 5.41) is 3.36. The molecule has 0 aliphatic heterocycles. The van der Waals surface area contributed by atoms with Gasteiger partial charge in [0.05, 0.1) is 37.2 Å². The molecule has 0 atom stereocenters. The number of hydrogen-bond acceptors (Lipinski definition) is 10. The lowest BCUT2D eigenvalue weighted by Crippen LogP contribution is -2.34. The lowest BCUT2D eigenvalue weighted by atomic mass is 10.1. The van der Waals surface area contributed by atoms with E-state index < -0.39 is 6.16 Å². The van der Waals surface area contributed by atoms with Crippen molar-refractivity contribution in [1.29, 1.82) is 0 Å². The van der Waals surface area contributed by atoms with Crippen molar-refractivity contribution in [1.82, 2.24) is 14.5 Å². The second-order valence-electron chi connectivity index (χ2n) is 11.3. The molecule has 0 fully saturated rings. The van der Waals surface area contributed by atoms with E-state index in [2.05, 4.69) is 22.2 Å². The van der Waals surface area contributed by atoms with Crippen LogP contribution in [0.2, 0.25) is 0 Å². The molecule has 1 amide bonds. The Hall–Kier alpha value is -5.46. The first-order valence-corrected chi connectivity index (χ1v) is 16.6. The van der Waals surface area contributed by atoms with Gasteiger partial charge in [-0.15, -0.1) is 0 Å². The quantitative estimate of drug-likeness (QED) is 0.0558. The number of nitrogens with zero attached hydrogens (tertiary/aromatic N) is 5. The highest BCUT2D eigenvalue weighted by Crippen LogP contribution is 2.21. The summed E-state index contributed by atoms with van der Waals surface area (Å²) >= 11 is 0. The average molecular weight is 672 g/mol. The van der Waals surface area contributed by atoms with Gasteiger partial charge in [-0.1, -0.05) is 38.7 Å². The van der Waals surface area contributed by atoms with Gasteiger partial charge in [-0.3, -0.25) is 14.5 Å². The molecule has 0 unspecified atom stereocenters. The molecule has 0 bridgehead atoms. The van der Waals surface area contributed by atoms with Crippen LogP contribution in [0.25, 0.3) is 11.0 Å². The zero-order valence-electron chi connectivity index (χ0n) is 28.4. The van der Waals surface area contributed by atoms with Crippen molar-refractivity contribution in [3.05, 3.63) is 83.8 Å². The number of esters is 1. The smallest absolute Gasteiger partial charge is 0.466 e. The lowest BCUT2D eigenvalue weighted by molar-refractivity contribution is -0.142. The topological polar surface area (TPSA) is 163 Å². The van der Waals surface area contributed by atoms with Gasteiger partial charge in [-0.05, 0) is 67.9 Å². The first kappa shape index (κ1) is 36.4. The van der Waals surface area contributed by atoms with Crippen LogP contribution in [0.4, 0.5) is 16.3 Å². The zero-order valence-corrected chi connectivity index (χ0v) is 28.4. The largest absolute Gasteiger partial charge is 0.510 e. The number of carbonyl (C=O) groups is 3. The number of aryl methyl sites for hydroxylation is 1. The normalized spacial score (nSPS) is 11.3. The summed E-state index contributed by atoms with van der Waals surface area (Å²) in [5.41, 5.74) is 9.56. The first-order valence-electron chi connectivity index (χ1n) is 16.6. The van der Waals surface area contributed by atoms with Gasteiger partial charge in [0.25, 0.3) is 5.91 Å². The van der Waals surface area contributed by atoms with Crippen LogP contribution in [-0.2, 0) is 32.6 Å². The molecule has 0 spiro atoms. The van der Waals surface area contributed by atoms with Crippen molar-refractivity contribution in [2.45, 2.75) is 58.9 Å². The molecule has 2 aromatic carbocycles. The van der Waals surface area contributed by atoms with Crippen molar-refractivity contribution in [3.63, 3.8) is 0 Å². The van der Waals surface area contributed by atoms with Gasteiger partial charge in [-0.25, -0.2) is 19.8 Å². The van der Waals surface area contributed by atoms with Crippen molar-refractivity contribution in [3.8, 4) is 0 Å². The van der Waals surface area contributed by atoms with Crippen LogP contribution in [0.15, 0.2) is 71.9 Å². The van der Waals surface area contributed by atoms with Crippen LogP contribution < -0.4 is 16.0 Å². The number of ether oxygens (including phenoxy) is 3. The number of carbonyl (C=O) groups excluding carboxylic acids is 3. The summed E-state index contributed by atoms with van der Waals surface area (Å²) in [6.07, 6.45) is 6.19. The minimum atomic E-state index is -0.756. The molecule has 0 aliphatic rings. The highest BCUT2D eigenvalue weighted by Gasteiger charge is 2.21. The summed E-state index contributed by atoms with van der Waals surface area (Å²) in [6.45, 7) is 4.82. The Balaban J connectivity index is 1.33. The van der Waals surface area contributed by atoms with E-state index >= 15 is 0 Å². The van der Waals surface area contributed by atoms with Gasteiger partial charge in [0.1, 0.15) is 17.5 Å². The molecule has 4 aromatic rings. The van der Waals surface area contributed by atoms with Gasteiger partial charge in [0.15, 0.2) is 6.73 Å². The Kier molecular flexibility index (Phi) is 13.9. The molecule has 0 saturated carbocycles. The van der Waals surface area contributed by atoms with Crippen molar-refractivity contribution < 1.29 is 28.6 Å². The number of aliphatic imine (C=N–C) groups is 1. The maximum atomic E-state index is 13.6. The highest BCUT2D eigenvalue weighted by molar-refractivity contribution is 6.07. The van der Waals surface area contributed by atoms with Crippen LogP contribution >= 0.6 is 0 Å². The number of unbranched alkanes of at least 4 members (excludes halogenated alkanes) is 4. The second kappa shape index (κ2) is 18.8. The molecule has 49 heavy (non-hydrogen) atoms. The van der Waals surface area contributed by atoms with Crippen molar-refractivity contribution in [2.75, 3.05) is 36.7 Å². The summed E-state index contributed by atoms with van der Waals surface area (Å²) in [6, 6.07) is 18.0. The number of amides is 1. The van der Waals surface area contributed by atoms with Gasteiger partial charge >= 0.3 is 12.1 Å². The molecule has 13 nitrogen and oxygen atoms in total. The third kappa shape index (κ3) is 10.8. The van der Waals surface area contributed by atoms with Crippen LogP contribution in [0.3, 0.4) is 0 Å². The van der Waals surface area contributed by atoms with E-state index in [1.165, 1.54) is 11.3 Å². The number of aromatic nitrogens is 3. The predicted octanol–water partition coefficient (Wildman–Crippen LogP) is 5.97. The summed E-state index contributed by atoms with van der Waals surface area (Å²) in [5.74, 6) is 0.768. The highest BCUT2D eigenvalue weighted by atomic mass is 16.7. The fraction of sp³-hybridized carbons (Fsp3) is 0.389. The third-order valence-corrected chi connectivity index (χ3v) is 7.75. The standard InChI is InChI=1S/C36H45N7O6/c1-4-6-7-8-11-22-48-36(46)49-25-40-34(37)26-13-16-28(17-14-26)39-24-32-41-29-23-27(15-18-30(29)42(32)3)35(45)43(21-19-33(44)47-5-2)31-12-9-10-20-38-31/h9-10,12-18,20,23,39H,4-8,11,19,21-22,24-25H2,1-3H3,(H2,37,40). The summed E-state index contributed by atoms with van der Waals surface area (Å²) < 4.78 is 17.1. The Bertz CT molecular complexity index is 1710. The summed E-state index contributed by atoms with van der Waals surface area (Å²) in [4.78, 5) is 52.1. The number of fused-ring (bicyclic) bond motifs is 1. The molecule has 0 saturated heterocycles. The Morgan fingerprint density at radius 3 is 2.45 bits per heavy atom. The number of rotatable bonds is 18. The predicted molar refractivity (Wildman–Crippen MR) is 188 cm³/mol. The number of hydrogen-bond donors (Lipinski definition) is 2. The maximum absolute atomic E-state index is 13.6. The second-order valence-corrected chi connectivity index (χ2v) is 11.3. The fourth-order valence-corrected chi connectivity index (χ4v) is 5.06. The molecule has 2 heterocycles. The Morgan fingerprint density at radius 2 is 1.71 bits per heavy atom. The van der Waals surface area contributed by atoms with E-state index in [4.69, 9.17) is 24.9 Å². The number of nitrogens with two attached hydrogens (primary N) is 1. The number of amidine groups is 1. The minimum absolute atomic E-state index is 0.0440. The Labute approximate surface area is 286 Å². The van der Waals surface area contributed by atoms with E-state index in [1.807, 2.05) is 41.9 Å². The number of benzene rings is 2. The number of anilines is 2. The van der Waals surface area contributed by atoms with E-state index in [-0.39, 0.29) is 44.0 Å². The van der Waals surface area contributed by atoms with Crippen molar-refractivity contribution in [2.24, 2.45) is 17.8 Å². The SMILES string of the molecule is CCCCCCCOC(=O)OC/N=C(/N)c1ccc(NCc2nc3cc(C(=O)N(CCC(=O)OCC)c4ccccn4)ccc3n2C)cc1. The average Bonchev–Trinajstić information content (AvgIpc) is 3.43. The molecular formula is C36H45N7O6. The molecule has 0 aliphatic carbocycles. The molecular weight excluding hydrogens is 626 g/mol. The fourth-order valence-electron chi connectivity index (χ4n) is 5.06. The number of nitrogens with one attached hydrogen (secondary N) is 1. The maximum Gasteiger partial charge on any atom is 0.510 e. The van der Waals surface area contributed by atoms with E-state index in [0.29, 0.717) is 35.6 Å². The minimum Gasteiger partial charge on any atom is -0.466 e. The van der Waals surface area contributed by atoms with E-state index in [1.54, 1.807) is 43.5 Å². The summed E-state index contributed by atoms with van der Waals surface area (Å²) in [7, 11) is 1.92. The third-order valence-electron chi connectivity index (χ3n) is 7.75. The van der Waals surface area contributed by atoms with Crippen molar-refractivity contribution >= 4 is 46.4 Å². The molecule has 260 valence electrons. The molecule has 2 aromatic heterocycles. The van der Waals surface area contributed by atoms with Gasteiger partial charge < -0.3 is 29.8 Å². The molecule has 0 radical (unpaired) electrons. The Morgan fingerprint density at radius 1 is 0.939 bits per heavy atom. The van der Waals surface area contributed by atoms with Crippen LogP contribution in [0.5, 0.6) is 0 Å². The monoisotopic (exact) mass is 671 g/mol. The number of pyridine rings is 1. The molecule has 3 N–H and O–H groups in total. The van der Waals surface area contributed by atoms with E-state index in [9.17, 15) is 14.4 Å². The van der Waals surface area contributed by atoms with Crippen LogP contribution in [0, 0.1) is 0 Å². The van der Waals surface area contributed by atoms with Gasteiger partial charge in [-0.2, -0.15) is 0 Å². The first-order chi connectivity index (χ1) is 23.8. The number of imidazole rings is 1. The molecule has 13 heteroatoms. The van der Waals surface area contributed by atoms with Gasteiger partial charge in [0.2, 0.25) is 0 Å². The lowest BCUT2D eigenvalue weighted by Gasteiger charge is -2.21. The van der Waals surface area contributed by atoms with Gasteiger partial charge in [0, 0.05) is 36.6 Å². The zero-order chi connectivity index (χ0) is 35.0. The van der Waals surface area contributed by atoms with Crippen LogP contribution in [0.1, 0.15) is 74.1 Å². The molecule has 4 rings (SSSR count).